The first kappa shape index (κ1) is 15.7. The molecular weight excluding hydrogens is 296 g/mol. The molecule has 0 unspecified atom stereocenters. The van der Waals surface area contributed by atoms with Crippen LogP contribution >= 0.6 is 0 Å². The number of benzene rings is 2. The second-order valence-corrected chi connectivity index (χ2v) is 5.82. The number of nitrogens with zero attached hydrogens (tertiary/aromatic N) is 3. The zero-order valence-corrected chi connectivity index (χ0v) is 13.7. The summed E-state index contributed by atoms with van der Waals surface area (Å²) in [6, 6.07) is 22.2. The maximum absolute atomic E-state index is 8.85. The normalized spacial score (nSPS) is 10.4. The third kappa shape index (κ3) is 3.58. The summed E-state index contributed by atoms with van der Waals surface area (Å²) in [7, 11) is 0. The summed E-state index contributed by atoms with van der Waals surface area (Å²) < 4.78 is 0. The van der Waals surface area contributed by atoms with Gasteiger partial charge in [-0.25, -0.2) is 0 Å². The molecule has 0 bridgehead atoms. The van der Waals surface area contributed by atoms with Crippen LogP contribution in [0.1, 0.15) is 34.0 Å². The van der Waals surface area contributed by atoms with Gasteiger partial charge < -0.3 is 5.32 Å². The topological polar surface area (TPSA) is 61.6 Å². The van der Waals surface area contributed by atoms with Crippen LogP contribution < -0.4 is 5.32 Å². The van der Waals surface area contributed by atoms with E-state index >= 15 is 0 Å². The van der Waals surface area contributed by atoms with E-state index in [-0.39, 0.29) is 6.04 Å². The molecule has 24 heavy (non-hydrogen) atoms. The molecule has 2 aromatic carbocycles. The lowest BCUT2D eigenvalue weighted by Gasteiger charge is -2.21. The first-order chi connectivity index (χ1) is 11.7. The Labute approximate surface area is 141 Å². The zero-order valence-electron chi connectivity index (χ0n) is 13.7. The summed E-state index contributed by atoms with van der Waals surface area (Å²) in [5, 5.41) is 20.3. The van der Waals surface area contributed by atoms with Gasteiger partial charge in [0.05, 0.1) is 6.04 Å². The van der Waals surface area contributed by atoms with Crippen LogP contribution in [0, 0.1) is 25.2 Å². The van der Waals surface area contributed by atoms with Gasteiger partial charge in [-0.1, -0.05) is 59.7 Å². The molecule has 0 aliphatic heterocycles. The van der Waals surface area contributed by atoms with Crippen molar-refractivity contribution in [2.45, 2.75) is 19.9 Å². The SMILES string of the molecule is Cc1cccc(C(Nc2ccc(C#N)nn2)c2cccc(C)c2)c1. The van der Waals surface area contributed by atoms with Crippen molar-refractivity contribution in [3.05, 3.63) is 88.6 Å². The van der Waals surface area contributed by atoms with Gasteiger partial charge in [0.15, 0.2) is 5.69 Å². The minimum Gasteiger partial charge on any atom is -0.358 e. The number of hydrogen-bond donors (Lipinski definition) is 1. The van der Waals surface area contributed by atoms with Crippen LogP contribution in [0.4, 0.5) is 5.82 Å². The van der Waals surface area contributed by atoms with Crippen molar-refractivity contribution in [2.24, 2.45) is 0 Å². The quantitative estimate of drug-likeness (QED) is 0.785. The number of hydrogen-bond acceptors (Lipinski definition) is 4. The van der Waals surface area contributed by atoms with Crippen LogP contribution in [0.5, 0.6) is 0 Å². The fraction of sp³-hybridized carbons (Fsp3) is 0.150. The Morgan fingerprint density at radius 2 is 1.50 bits per heavy atom. The van der Waals surface area contributed by atoms with Gasteiger partial charge in [-0.2, -0.15) is 5.26 Å². The smallest absolute Gasteiger partial charge is 0.163 e. The Bertz CT molecular complexity index is 833. The first-order valence-electron chi connectivity index (χ1n) is 7.79. The highest BCUT2D eigenvalue weighted by atomic mass is 15.2. The summed E-state index contributed by atoms with van der Waals surface area (Å²) in [6.45, 7) is 4.16. The van der Waals surface area contributed by atoms with Gasteiger partial charge in [0.25, 0.3) is 0 Å². The summed E-state index contributed by atoms with van der Waals surface area (Å²) >= 11 is 0. The zero-order chi connectivity index (χ0) is 16.9. The van der Waals surface area contributed by atoms with Crippen LogP contribution in [0.15, 0.2) is 60.7 Å². The van der Waals surface area contributed by atoms with E-state index < -0.39 is 0 Å². The molecule has 0 atom stereocenters. The molecule has 0 aliphatic carbocycles. The molecule has 4 nitrogen and oxygen atoms in total. The number of rotatable bonds is 4. The molecule has 0 saturated heterocycles. The molecule has 0 saturated carbocycles. The Morgan fingerprint density at radius 3 is 1.96 bits per heavy atom. The number of nitrogens with one attached hydrogen (secondary N) is 1. The highest BCUT2D eigenvalue weighted by Gasteiger charge is 2.15. The molecule has 0 fully saturated rings. The van der Waals surface area contributed by atoms with Crippen molar-refractivity contribution >= 4 is 5.82 Å². The Kier molecular flexibility index (Phi) is 4.53. The molecule has 0 spiro atoms. The highest BCUT2D eigenvalue weighted by Crippen LogP contribution is 2.27. The largest absolute Gasteiger partial charge is 0.358 e. The Hall–Kier alpha value is -3.19. The number of nitriles is 1. The van der Waals surface area contributed by atoms with Crippen LogP contribution in [0.2, 0.25) is 0 Å². The summed E-state index contributed by atoms with van der Waals surface area (Å²) in [6.07, 6.45) is 0. The van der Waals surface area contributed by atoms with Crippen molar-refractivity contribution in [1.82, 2.24) is 10.2 Å². The van der Waals surface area contributed by atoms with Crippen molar-refractivity contribution in [3.8, 4) is 6.07 Å². The van der Waals surface area contributed by atoms with E-state index in [2.05, 4.69) is 77.9 Å². The van der Waals surface area contributed by atoms with Crippen molar-refractivity contribution in [1.29, 1.82) is 5.26 Å². The molecule has 1 aromatic heterocycles. The molecule has 4 heteroatoms. The molecule has 118 valence electrons. The number of anilines is 1. The maximum Gasteiger partial charge on any atom is 0.163 e. The molecule has 1 heterocycles. The first-order valence-corrected chi connectivity index (χ1v) is 7.79. The average molecular weight is 314 g/mol. The average Bonchev–Trinajstić information content (AvgIpc) is 2.60. The molecule has 3 aromatic rings. The predicted octanol–water partition coefficient (Wildman–Crippen LogP) is 4.17. The Morgan fingerprint density at radius 1 is 0.875 bits per heavy atom. The van der Waals surface area contributed by atoms with Gasteiger partial charge in [-0.3, -0.25) is 0 Å². The van der Waals surface area contributed by atoms with E-state index in [0.29, 0.717) is 11.5 Å². The van der Waals surface area contributed by atoms with Crippen LogP contribution in [0.3, 0.4) is 0 Å². The van der Waals surface area contributed by atoms with Gasteiger partial charge in [-0.15, -0.1) is 10.2 Å². The van der Waals surface area contributed by atoms with E-state index in [9.17, 15) is 0 Å². The molecule has 0 radical (unpaired) electrons. The van der Waals surface area contributed by atoms with Gasteiger partial charge in [-0.05, 0) is 37.1 Å². The molecule has 0 amide bonds. The predicted molar refractivity (Wildman–Crippen MR) is 94.6 cm³/mol. The number of aromatic nitrogens is 2. The standard InChI is InChI=1S/C20H18N4/c1-14-5-3-7-16(11-14)20(17-8-4-6-15(2)12-17)22-19-10-9-18(13-21)23-24-19/h3-12,20H,1-2H3,(H,22,24). The lowest BCUT2D eigenvalue weighted by molar-refractivity contribution is 0.898. The van der Waals surface area contributed by atoms with Gasteiger partial charge in [0.1, 0.15) is 11.9 Å². The molecule has 3 rings (SSSR count). The summed E-state index contributed by atoms with van der Waals surface area (Å²) in [5.74, 6) is 0.641. The molecular formula is C20H18N4. The third-order valence-electron chi connectivity index (χ3n) is 3.82. The minimum absolute atomic E-state index is 0.0352. The van der Waals surface area contributed by atoms with Gasteiger partial charge in [0.2, 0.25) is 0 Å². The summed E-state index contributed by atoms with van der Waals surface area (Å²) in [4.78, 5) is 0. The monoisotopic (exact) mass is 314 g/mol. The van der Waals surface area contributed by atoms with E-state index in [1.54, 1.807) is 12.1 Å². The van der Waals surface area contributed by atoms with Crippen LogP contribution in [-0.4, -0.2) is 10.2 Å². The summed E-state index contributed by atoms with van der Waals surface area (Å²) in [5.41, 5.74) is 5.04. The Balaban J connectivity index is 1.99. The lowest BCUT2D eigenvalue weighted by atomic mass is 9.96. The minimum atomic E-state index is -0.0352. The van der Waals surface area contributed by atoms with Crippen molar-refractivity contribution in [2.75, 3.05) is 5.32 Å². The fourth-order valence-electron chi connectivity index (χ4n) is 2.68. The van der Waals surface area contributed by atoms with Gasteiger partial charge >= 0.3 is 0 Å². The highest BCUT2D eigenvalue weighted by molar-refractivity contribution is 5.45. The number of aryl methyl sites for hydroxylation is 2. The fourth-order valence-corrected chi connectivity index (χ4v) is 2.68. The van der Waals surface area contributed by atoms with E-state index in [1.807, 2.05) is 6.07 Å². The van der Waals surface area contributed by atoms with Crippen LogP contribution in [0.25, 0.3) is 0 Å². The van der Waals surface area contributed by atoms with E-state index in [1.165, 1.54) is 11.1 Å². The maximum atomic E-state index is 8.85. The second-order valence-electron chi connectivity index (χ2n) is 5.82. The van der Waals surface area contributed by atoms with Gasteiger partial charge in [0, 0.05) is 0 Å². The lowest BCUT2D eigenvalue weighted by Crippen LogP contribution is -2.14. The van der Waals surface area contributed by atoms with E-state index in [4.69, 9.17) is 5.26 Å². The van der Waals surface area contributed by atoms with Crippen molar-refractivity contribution < 1.29 is 0 Å². The third-order valence-corrected chi connectivity index (χ3v) is 3.82. The molecule has 1 N–H and O–H groups in total. The van der Waals surface area contributed by atoms with Crippen molar-refractivity contribution in [3.63, 3.8) is 0 Å². The van der Waals surface area contributed by atoms with Crippen LogP contribution in [-0.2, 0) is 0 Å². The molecule has 0 aliphatic rings. The van der Waals surface area contributed by atoms with E-state index in [0.717, 1.165) is 11.1 Å². The second kappa shape index (κ2) is 6.93.